The number of nitriles is 1. The topological polar surface area (TPSA) is 61.1 Å². The second-order valence-electron chi connectivity index (χ2n) is 4.95. The van der Waals surface area contributed by atoms with Gasteiger partial charge in [0.05, 0.1) is 6.07 Å². The molecule has 1 N–H and O–H groups in total. The number of benzene rings is 1. The Bertz CT molecular complexity index is 604. The van der Waals surface area contributed by atoms with Crippen LogP contribution in [0.1, 0.15) is 38.2 Å². The third-order valence-corrected chi connectivity index (χ3v) is 3.15. The van der Waals surface area contributed by atoms with Gasteiger partial charge in [0.25, 0.3) is 0 Å². The van der Waals surface area contributed by atoms with Crippen LogP contribution in [0.2, 0.25) is 0 Å². The summed E-state index contributed by atoms with van der Waals surface area (Å²) in [5, 5.41) is 18.0. The fourth-order valence-electron chi connectivity index (χ4n) is 2.02. The summed E-state index contributed by atoms with van der Waals surface area (Å²) in [6.45, 7) is 2.08. The van der Waals surface area contributed by atoms with Crippen LogP contribution in [0.4, 0.5) is 0 Å². The van der Waals surface area contributed by atoms with Crippen molar-refractivity contribution in [2.75, 3.05) is 0 Å². The minimum Gasteiger partial charge on any atom is -0.478 e. The molecule has 3 nitrogen and oxygen atoms in total. The predicted molar refractivity (Wildman–Crippen MR) is 89.0 cm³/mol. The summed E-state index contributed by atoms with van der Waals surface area (Å²) < 4.78 is 0. The maximum Gasteiger partial charge on any atom is 0.331 e. The van der Waals surface area contributed by atoms with Crippen molar-refractivity contribution in [2.24, 2.45) is 0 Å². The van der Waals surface area contributed by atoms with Gasteiger partial charge in [-0.2, -0.15) is 5.26 Å². The Morgan fingerprint density at radius 1 is 1.27 bits per heavy atom. The predicted octanol–water partition coefficient (Wildman–Crippen LogP) is 4.74. The third-order valence-electron chi connectivity index (χ3n) is 3.15. The van der Waals surface area contributed by atoms with Gasteiger partial charge in [0.1, 0.15) is 0 Å². The van der Waals surface area contributed by atoms with Gasteiger partial charge in [0.2, 0.25) is 0 Å². The molecule has 0 heterocycles. The van der Waals surface area contributed by atoms with Crippen molar-refractivity contribution in [2.45, 2.75) is 32.6 Å². The minimum absolute atomic E-state index is 0.373. The van der Waals surface area contributed by atoms with E-state index in [9.17, 15) is 9.90 Å². The molecule has 0 atom stereocenters. The summed E-state index contributed by atoms with van der Waals surface area (Å²) in [5.41, 5.74) is 2.05. The van der Waals surface area contributed by atoms with Crippen LogP contribution in [0.25, 0.3) is 6.08 Å². The van der Waals surface area contributed by atoms with Crippen molar-refractivity contribution in [1.82, 2.24) is 0 Å². The molecular weight excluding hydrogens is 274 g/mol. The highest BCUT2D eigenvalue weighted by Crippen LogP contribution is 2.16. The largest absolute Gasteiger partial charge is 0.478 e. The van der Waals surface area contributed by atoms with Crippen LogP contribution in [0.5, 0.6) is 0 Å². The van der Waals surface area contributed by atoms with E-state index in [1.54, 1.807) is 12.2 Å². The van der Waals surface area contributed by atoms with Crippen LogP contribution in [0.3, 0.4) is 0 Å². The molecule has 0 bridgehead atoms. The number of carboxylic acids is 1. The number of carbonyl (C=O) groups is 1. The van der Waals surface area contributed by atoms with Gasteiger partial charge in [-0.15, -0.1) is 0 Å². The second-order valence-corrected chi connectivity index (χ2v) is 4.95. The Kier molecular flexibility index (Phi) is 8.07. The first-order valence-corrected chi connectivity index (χ1v) is 7.44. The van der Waals surface area contributed by atoms with Crippen molar-refractivity contribution in [3.8, 4) is 6.07 Å². The van der Waals surface area contributed by atoms with Crippen LogP contribution in [0, 0.1) is 11.3 Å². The molecule has 0 radical (unpaired) electrons. The van der Waals surface area contributed by atoms with Crippen molar-refractivity contribution < 1.29 is 9.90 Å². The molecule has 0 amide bonds. The lowest BCUT2D eigenvalue weighted by molar-refractivity contribution is -0.132. The SMILES string of the molecule is CCCCCC(=CC(C=CC#N)=Cc1ccccc1)C(=O)O. The summed E-state index contributed by atoms with van der Waals surface area (Å²) in [6.07, 6.45) is 9.97. The molecule has 0 aliphatic heterocycles. The van der Waals surface area contributed by atoms with Crippen molar-refractivity contribution in [1.29, 1.82) is 5.26 Å². The van der Waals surface area contributed by atoms with Gasteiger partial charge in [0, 0.05) is 11.6 Å². The molecule has 114 valence electrons. The zero-order valence-corrected chi connectivity index (χ0v) is 12.8. The quantitative estimate of drug-likeness (QED) is 0.326. The van der Waals surface area contributed by atoms with Gasteiger partial charge in [-0.25, -0.2) is 4.79 Å². The van der Waals surface area contributed by atoms with E-state index in [4.69, 9.17) is 5.26 Å². The minimum atomic E-state index is -0.902. The van der Waals surface area contributed by atoms with E-state index in [2.05, 4.69) is 6.92 Å². The Morgan fingerprint density at radius 2 is 2.00 bits per heavy atom. The van der Waals surface area contributed by atoms with E-state index in [0.29, 0.717) is 17.6 Å². The van der Waals surface area contributed by atoms with Crippen LogP contribution in [-0.2, 0) is 4.79 Å². The fourth-order valence-corrected chi connectivity index (χ4v) is 2.02. The van der Waals surface area contributed by atoms with E-state index < -0.39 is 5.97 Å². The third kappa shape index (κ3) is 6.71. The Morgan fingerprint density at radius 3 is 2.59 bits per heavy atom. The molecule has 0 unspecified atom stereocenters. The summed E-state index contributed by atoms with van der Waals surface area (Å²) in [7, 11) is 0. The van der Waals surface area contributed by atoms with Crippen molar-refractivity contribution in [3.63, 3.8) is 0 Å². The lowest BCUT2D eigenvalue weighted by Crippen LogP contribution is -2.01. The number of nitrogens with zero attached hydrogens (tertiary/aromatic N) is 1. The number of rotatable bonds is 8. The molecule has 0 aromatic heterocycles. The summed E-state index contributed by atoms with van der Waals surface area (Å²) in [4.78, 5) is 11.4. The van der Waals surface area contributed by atoms with Crippen LogP contribution >= 0.6 is 0 Å². The van der Waals surface area contributed by atoms with Gasteiger partial charge in [-0.05, 0) is 42.2 Å². The normalized spacial score (nSPS) is 12.4. The maximum absolute atomic E-state index is 11.4. The highest BCUT2D eigenvalue weighted by Gasteiger charge is 2.07. The number of aliphatic carboxylic acids is 1. The molecule has 3 heteroatoms. The first-order chi connectivity index (χ1) is 10.7. The molecule has 0 saturated carbocycles. The first kappa shape index (κ1) is 17.5. The Hall–Kier alpha value is -2.60. The zero-order valence-electron chi connectivity index (χ0n) is 12.8. The van der Waals surface area contributed by atoms with Gasteiger partial charge in [-0.1, -0.05) is 50.1 Å². The van der Waals surface area contributed by atoms with Crippen LogP contribution in [-0.4, -0.2) is 11.1 Å². The average Bonchev–Trinajstić information content (AvgIpc) is 2.52. The monoisotopic (exact) mass is 295 g/mol. The number of unbranched alkanes of at least 4 members (excludes halogenated alkanes) is 2. The molecule has 0 aliphatic rings. The molecule has 0 saturated heterocycles. The Balaban J connectivity index is 3.06. The van der Waals surface area contributed by atoms with E-state index >= 15 is 0 Å². The molecule has 22 heavy (non-hydrogen) atoms. The zero-order chi connectivity index (χ0) is 16.2. The number of hydrogen-bond acceptors (Lipinski definition) is 2. The number of allylic oxidation sites excluding steroid dienone is 4. The maximum atomic E-state index is 11.4. The molecule has 0 aliphatic carbocycles. The molecule has 0 fully saturated rings. The van der Waals surface area contributed by atoms with Gasteiger partial charge >= 0.3 is 5.97 Å². The molecule has 1 aromatic carbocycles. The average molecular weight is 295 g/mol. The first-order valence-electron chi connectivity index (χ1n) is 7.44. The molecule has 0 spiro atoms. The molecule has 1 rings (SSSR count). The number of hydrogen-bond donors (Lipinski definition) is 1. The molecular formula is C19H21NO2. The second kappa shape index (κ2) is 10.2. The summed E-state index contributed by atoms with van der Waals surface area (Å²) in [5.74, 6) is -0.902. The lowest BCUT2D eigenvalue weighted by Gasteiger charge is -2.03. The van der Waals surface area contributed by atoms with Gasteiger partial charge < -0.3 is 5.11 Å². The number of carboxylic acid groups (broad SMARTS) is 1. The smallest absolute Gasteiger partial charge is 0.331 e. The fraction of sp³-hybridized carbons (Fsp3) is 0.263. The van der Waals surface area contributed by atoms with Gasteiger partial charge in [-0.3, -0.25) is 0 Å². The van der Waals surface area contributed by atoms with Crippen LogP contribution < -0.4 is 0 Å². The van der Waals surface area contributed by atoms with E-state index in [1.807, 2.05) is 42.5 Å². The lowest BCUT2D eigenvalue weighted by atomic mass is 10.0. The van der Waals surface area contributed by atoms with E-state index in [1.165, 1.54) is 6.08 Å². The summed E-state index contributed by atoms with van der Waals surface area (Å²) in [6, 6.07) is 11.6. The van der Waals surface area contributed by atoms with Crippen molar-refractivity contribution in [3.05, 3.63) is 65.3 Å². The van der Waals surface area contributed by atoms with Crippen LogP contribution in [0.15, 0.2) is 59.7 Å². The van der Waals surface area contributed by atoms with E-state index in [0.717, 1.165) is 24.8 Å². The van der Waals surface area contributed by atoms with E-state index in [-0.39, 0.29) is 0 Å². The summed E-state index contributed by atoms with van der Waals surface area (Å²) >= 11 is 0. The standard InChI is InChI=1S/C19H21NO2/c1-2-3-5-12-18(19(21)22)15-17(11-8-13-20)14-16-9-6-4-7-10-16/h4,6-11,14-15H,2-3,5,12H2,1H3,(H,21,22). The van der Waals surface area contributed by atoms with Gasteiger partial charge in [0.15, 0.2) is 0 Å². The van der Waals surface area contributed by atoms with Crippen molar-refractivity contribution >= 4 is 12.0 Å². The molecule has 1 aromatic rings. The highest BCUT2D eigenvalue weighted by molar-refractivity contribution is 5.87. The Labute approximate surface area is 131 Å². The highest BCUT2D eigenvalue weighted by atomic mass is 16.4.